The Morgan fingerprint density at radius 3 is 2.81 bits per heavy atom. The zero-order valence-electron chi connectivity index (χ0n) is 18.5. The molecule has 2 fully saturated rings. The van der Waals surface area contributed by atoms with Gasteiger partial charge in [0.25, 0.3) is 0 Å². The number of fused-ring (bicyclic) bond motifs is 1. The number of benzene rings is 2. The second-order valence-corrected chi connectivity index (χ2v) is 10.0. The van der Waals surface area contributed by atoms with E-state index in [2.05, 4.69) is 29.4 Å². The molecule has 0 spiro atoms. The number of hydrogen-bond acceptors (Lipinski definition) is 4. The van der Waals surface area contributed by atoms with Crippen molar-refractivity contribution < 1.29 is 14.6 Å². The topological polar surface area (TPSA) is 61.8 Å². The van der Waals surface area contributed by atoms with Crippen molar-refractivity contribution in [2.24, 2.45) is 5.92 Å². The van der Waals surface area contributed by atoms with Gasteiger partial charge in [0.15, 0.2) is 0 Å². The Balaban J connectivity index is 1.56. The molecule has 5 nitrogen and oxygen atoms in total. The number of hydrogen-bond donors (Lipinski definition) is 2. The van der Waals surface area contributed by atoms with Crippen LogP contribution in [-0.2, 0) is 16.6 Å². The lowest BCUT2D eigenvalue weighted by molar-refractivity contribution is -0.122. The van der Waals surface area contributed by atoms with Crippen LogP contribution in [0.15, 0.2) is 42.5 Å². The van der Waals surface area contributed by atoms with Crippen LogP contribution in [0.3, 0.4) is 0 Å². The molecule has 3 unspecified atom stereocenters. The number of nitrogens with zero attached hydrogens (tertiary/aromatic N) is 1. The quantitative estimate of drug-likeness (QED) is 0.682. The molecule has 2 N–H and O–H groups in total. The normalized spacial score (nSPS) is 28.1. The van der Waals surface area contributed by atoms with Crippen molar-refractivity contribution in [2.75, 3.05) is 27.2 Å². The highest BCUT2D eigenvalue weighted by Crippen LogP contribution is 2.49. The van der Waals surface area contributed by atoms with Crippen LogP contribution in [0.2, 0.25) is 10.0 Å². The number of carbonyl (C=O) groups is 1. The molecule has 1 aliphatic carbocycles. The summed E-state index contributed by atoms with van der Waals surface area (Å²) >= 11 is 12.1. The highest BCUT2D eigenvalue weighted by atomic mass is 35.5. The second kappa shape index (κ2) is 9.60. The van der Waals surface area contributed by atoms with E-state index < -0.39 is 6.10 Å². The van der Waals surface area contributed by atoms with Crippen molar-refractivity contribution in [3.8, 4) is 5.75 Å². The number of amides is 1. The third-order valence-electron chi connectivity index (χ3n) is 7.12. The molecule has 0 radical (unpaired) electrons. The first kappa shape index (κ1) is 23.4. The molecule has 4 atom stereocenters. The molecule has 172 valence electrons. The summed E-state index contributed by atoms with van der Waals surface area (Å²) in [4.78, 5) is 15.1. The highest BCUT2D eigenvalue weighted by Gasteiger charge is 2.51. The lowest BCUT2D eigenvalue weighted by Crippen LogP contribution is -2.60. The van der Waals surface area contributed by atoms with Crippen LogP contribution in [0.5, 0.6) is 5.75 Å². The number of nitrogens with one attached hydrogen (secondary N) is 1. The van der Waals surface area contributed by atoms with Gasteiger partial charge in [-0.05, 0) is 68.2 Å². The van der Waals surface area contributed by atoms with E-state index in [9.17, 15) is 9.90 Å². The van der Waals surface area contributed by atoms with Crippen molar-refractivity contribution >= 4 is 29.1 Å². The maximum atomic E-state index is 12.8. The van der Waals surface area contributed by atoms with Crippen LogP contribution in [-0.4, -0.2) is 55.3 Å². The number of piperidine rings is 1. The fourth-order valence-corrected chi connectivity index (χ4v) is 5.85. The molecular formula is C25H30Cl2N2O3. The maximum absolute atomic E-state index is 12.8. The minimum atomic E-state index is -0.493. The zero-order chi connectivity index (χ0) is 22.9. The van der Waals surface area contributed by atoms with Gasteiger partial charge in [0, 0.05) is 23.9 Å². The molecular weight excluding hydrogens is 447 g/mol. The number of aliphatic hydroxyl groups is 1. The van der Waals surface area contributed by atoms with Crippen LogP contribution in [0.1, 0.15) is 30.4 Å². The van der Waals surface area contributed by atoms with Gasteiger partial charge in [0.2, 0.25) is 5.91 Å². The van der Waals surface area contributed by atoms with E-state index >= 15 is 0 Å². The van der Waals surface area contributed by atoms with Gasteiger partial charge in [-0.3, -0.25) is 4.79 Å². The molecule has 1 aliphatic heterocycles. The largest absolute Gasteiger partial charge is 0.497 e. The van der Waals surface area contributed by atoms with Crippen LogP contribution in [0, 0.1) is 5.92 Å². The van der Waals surface area contributed by atoms with E-state index in [0.29, 0.717) is 16.5 Å². The minimum Gasteiger partial charge on any atom is -0.497 e. The van der Waals surface area contributed by atoms with Gasteiger partial charge in [0.05, 0.1) is 29.7 Å². The van der Waals surface area contributed by atoms with E-state index in [1.165, 1.54) is 5.56 Å². The third kappa shape index (κ3) is 4.76. The summed E-state index contributed by atoms with van der Waals surface area (Å²) in [5.41, 5.74) is 1.78. The molecule has 1 saturated carbocycles. The minimum absolute atomic E-state index is 0.0761. The Bertz CT molecular complexity index is 985. The van der Waals surface area contributed by atoms with Crippen LogP contribution in [0.4, 0.5) is 0 Å². The Morgan fingerprint density at radius 1 is 1.25 bits per heavy atom. The van der Waals surface area contributed by atoms with E-state index in [0.717, 1.165) is 37.2 Å². The van der Waals surface area contributed by atoms with E-state index in [1.807, 2.05) is 18.2 Å². The lowest BCUT2D eigenvalue weighted by Gasteiger charge is -2.54. The van der Waals surface area contributed by atoms with Crippen molar-refractivity contribution in [2.45, 2.75) is 43.2 Å². The molecule has 2 aliphatic rings. The number of aliphatic hydroxyl groups excluding tert-OH is 1. The van der Waals surface area contributed by atoms with Gasteiger partial charge in [-0.25, -0.2) is 0 Å². The first-order valence-electron chi connectivity index (χ1n) is 11.0. The van der Waals surface area contributed by atoms with Gasteiger partial charge in [-0.15, -0.1) is 0 Å². The van der Waals surface area contributed by atoms with Gasteiger partial charge in [0.1, 0.15) is 5.75 Å². The van der Waals surface area contributed by atoms with Gasteiger partial charge >= 0.3 is 0 Å². The lowest BCUT2D eigenvalue weighted by atomic mass is 9.57. The average Bonchev–Trinajstić information content (AvgIpc) is 2.77. The predicted octanol–water partition coefficient (Wildman–Crippen LogP) is 4.07. The van der Waals surface area contributed by atoms with Gasteiger partial charge < -0.3 is 20.1 Å². The van der Waals surface area contributed by atoms with Crippen LogP contribution in [0.25, 0.3) is 0 Å². The third-order valence-corrected chi connectivity index (χ3v) is 7.86. The molecule has 0 bridgehead atoms. The molecule has 4 rings (SSSR count). The molecule has 0 aromatic heterocycles. The molecule has 7 heteroatoms. The molecule has 2 aromatic carbocycles. The summed E-state index contributed by atoms with van der Waals surface area (Å²) in [7, 11) is 3.78. The Hall–Kier alpha value is -1.79. The summed E-state index contributed by atoms with van der Waals surface area (Å²) in [5, 5.41) is 15.3. The number of halogens is 2. The first-order valence-corrected chi connectivity index (χ1v) is 11.8. The number of rotatable bonds is 5. The second-order valence-electron chi connectivity index (χ2n) is 9.20. The summed E-state index contributed by atoms with van der Waals surface area (Å²) < 4.78 is 5.48. The molecule has 1 heterocycles. The van der Waals surface area contributed by atoms with Crippen LogP contribution < -0.4 is 10.1 Å². The summed E-state index contributed by atoms with van der Waals surface area (Å²) in [6, 6.07) is 13.3. The first-order chi connectivity index (χ1) is 15.3. The van der Waals surface area contributed by atoms with Crippen LogP contribution >= 0.6 is 23.2 Å². The Kier molecular flexibility index (Phi) is 7.01. The standard InChI is InChI=1S/C25H30Cl2N2O3/c1-29-9-8-25(17-4-3-5-19(12-17)32-2)14-18(13-23(30)20(25)15-29)28-24(31)11-16-6-7-21(26)22(27)10-16/h3-7,10,12,18,20,23,30H,8-9,11,13-15H2,1-2H3,(H,28,31)/t18-,20?,23?,25?/m0/s1. The van der Waals surface area contributed by atoms with E-state index in [1.54, 1.807) is 19.2 Å². The highest BCUT2D eigenvalue weighted by molar-refractivity contribution is 6.42. The fourth-order valence-electron chi connectivity index (χ4n) is 5.53. The number of likely N-dealkylation sites (tertiary alicyclic amines) is 1. The number of ether oxygens (including phenoxy) is 1. The average molecular weight is 477 g/mol. The summed E-state index contributed by atoms with van der Waals surface area (Å²) in [6.07, 6.45) is 2.01. The number of methoxy groups -OCH3 is 1. The molecule has 1 saturated heterocycles. The predicted molar refractivity (Wildman–Crippen MR) is 128 cm³/mol. The summed E-state index contributed by atoms with van der Waals surface area (Å²) in [6.45, 7) is 1.78. The molecule has 2 aromatic rings. The van der Waals surface area contributed by atoms with Crippen molar-refractivity contribution in [3.63, 3.8) is 0 Å². The maximum Gasteiger partial charge on any atom is 0.224 e. The van der Waals surface area contributed by atoms with Crippen molar-refractivity contribution in [1.29, 1.82) is 0 Å². The monoisotopic (exact) mass is 476 g/mol. The van der Waals surface area contributed by atoms with E-state index in [-0.39, 0.29) is 29.7 Å². The SMILES string of the molecule is COc1cccc(C23CCN(C)CC2C(O)C[C@H](NC(=O)Cc2ccc(Cl)c(Cl)c2)C3)c1. The van der Waals surface area contributed by atoms with E-state index in [4.69, 9.17) is 27.9 Å². The van der Waals surface area contributed by atoms with Crippen molar-refractivity contribution in [3.05, 3.63) is 63.6 Å². The summed E-state index contributed by atoms with van der Waals surface area (Å²) in [5.74, 6) is 0.846. The molecule has 32 heavy (non-hydrogen) atoms. The van der Waals surface area contributed by atoms with Gasteiger partial charge in [-0.2, -0.15) is 0 Å². The Labute approximate surface area is 199 Å². The Morgan fingerprint density at radius 2 is 2.06 bits per heavy atom. The van der Waals surface area contributed by atoms with Crippen molar-refractivity contribution in [1.82, 2.24) is 10.2 Å². The smallest absolute Gasteiger partial charge is 0.224 e. The number of carbonyl (C=O) groups excluding carboxylic acids is 1. The fraction of sp³-hybridized carbons (Fsp3) is 0.480. The zero-order valence-corrected chi connectivity index (χ0v) is 20.0. The molecule has 1 amide bonds. The van der Waals surface area contributed by atoms with Gasteiger partial charge in [-0.1, -0.05) is 41.4 Å².